The van der Waals surface area contributed by atoms with Crippen LogP contribution in [0.3, 0.4) is 0 Å². The molecule has 1 amide bonds. The average Bonchev–Trinajstić information content (AvgIpc) is 2.94. The quantitative estimate of drug-likeness (QED) is 0.859. The van der Waals surface area contributed by atoms with Crippen molar-refractivity contribution in [3.05, 3.63) is 16.4 Å². The van der Waals surface area contributed by atoms with Crippen molar-refractivity contribution >= 4 is 34.7 Å². The van der Waals surface area contributed by atoms with Crippen LogP contribution in [0.2, 0.25) is 0 Å². The summed E-state index contributed by atoms with van der Waals surface area (Å²) in [7, 11) is 0. The zero-order valence-electron chi connectivity index (χ0n) is 11.9. The molecule has 0 bridgehead atoms. The lowest BCUT2D eigenvalue weighted by Crippen LogP contribution is -2.15. The lowest BCUT2D eigenvalue weighted by atomic mass is 10.3. The van der Waals surface area contributed by atoms with Crippen LogP contribution in [0.5, 0.6) is 0 Å². The molecule has 20 heavy (non-hydrogen) atoms. The Balaban J connectivity index is 1.96. The maximum atomic E-state index is 12.0. The molecule has 0 spiro atoms. The predicted octanol–water partition coefficient (Wildman–Crippen LogP) is 2.41. The van der Waals surface area contributed by atoms with Crippen molar-refractivity contribution < 1.29 is 4.79 Å². The van der Waals surface area contributed by atoms with E-state index in [4.69, 9.17) is 0 Å². The van der Waals surface area contributed by atoms with E-state index in [1.165, 1.54) is 23.1 Å². The van der Waals surface area contributed by atoms with Gasteiger partial charge in [-0.2, -0.15) is 5.10 Å². The number of anilines is 1. The minimum absolute atomic E-state index is 0.0512. The Hall–Kier alpha value is -1.41. The van der Waals surface area contributed by atoms with E-state index in [1.807, 2.05) is 32.4 Å². The van der Waals surface area contributed by atoms with E-state index in [2.05, 4.69) is 20.6 Å². The molecule has 0 aliphatic heterocycles. The van der Waals surface area contributed by atoms with Crippen LogP contribution in [0.15, 0.2) is 4.34 Å². The fourth-order valence-corrected chi connectivity index (χ4v) is 3.44. The average molecular weight is 311 g/mol. The summed E-state index contributed by atoms with van der Waals surface area (Å²) >= 11 is 2.89. The highest BCUT2D eigenvalue weighted by Crippen LogP contribution is 2.23. The van der Waals surface area contributed by atoms with Crippen LogP contribution in [0, 0.1) is 20.8 Å². The highest BCUT2D eigenvalue weighted by Gasteiger charge is 2.14. The number of nitrogens with zero attached hydrogens (tertiary/aromatic N) is 4. The van der Waals surface area contributed by atoms with Gasteiger partial charge in [0.25, 0.3) is 0 Å². The molecule has 0 radical (unpaired) electrons. The fourth-order valence-electron chi connectivity index (χ4n) is 1.83. The number of carbonyl (C=O) groups is 1. The highest BCUT2D eigenvalue weighted by molar-refractivity contribution is 8.01. The standard InChI is InChI=1S/C12H17N5OS2/c1-5-17-8(3)11(7(2)16-17)13-10(18)6-19-12-15-14-9(4)20-12/h5-6H2,1-4H3,(H,13,18). The van der Waals surface area contributed by atoms with Crippen LogP contribution in [0.25, 0.3) is 0 Å². The van der Waals surface area contributed by atoms with Crippen molar-refractivity contribution in [2.45, 2.75) is 38.6 Å². The molecule has 108 valence electrons. The number of rotatable bonds is 5. The largest absolute Gasteiger partial charge is 0.322 e. The highest BCUT2D eigenvalue weighted by atomic mass is 32.2. The molecule has 2 aromatic rings. The van der Waals surface area contributed by atoms with Crippen LogP contribution in [0.1, 0.15) is 23.3 Å². The number of amides is 1. The molecule has 0 atom stereocenters. The third-order valence-corrected chi connectivity index (χ3v) is 4.75. The molecule has 0 fully saturated rings. The maximum absolute atomic E-state index is 12.0. The number of nitrogens with one attached hydrogen (secondary N) is 1. The zero-order valence-corrected chi connectivity index (χ0v) is 13.6. The molecule has 2 aromatic heterocycles. The Kier molecular flexibility index (Phi) is 4.77. The minimum atomic E-state index is -0.0512. The topological polar surface area (TPSA) is 72.7 Å². The smallest absolute Gasteiger partial charge is 0.234 e. The number of hydrogen-bond acceptors (Lipinski definition) is 6. The molecule has 0 aliphatic carbocycles. The van der Waals surface area contributed by atoms with Crippen molar-refractivity contribution in [2.75, 3.05) is 11.1 Å². The molecule has 0 unspecified atom stereocenters. The molecular weight excluding hydrogens is 294 g/mol. The molecule has 2 rings (SSSR count). The Labute approximate surface area is 126 Å². The van der Waals surface area contributed by atoms with Gasteiger partial charge in [0, 0.05) is 6.54 Å². The van der Waals surface area contributed by atoms with Crippen LogP contribution in [-0.4, -0.2) is 31.6 Å². The van der Waals surface area contributed by atoms with Crippen molar-refractivity contribution in [2.24, 2.45) is 0 Å². The van der Waals surface area contributed by atoms with Gasteiger partial charge in [-0.15, -0.1) is 10.2 Å². The van der Waals surface area contributed by atoms with Crippen LogP contribution in [-0.2, 0) is 11.3 Å². The lowest BCUT2D eigenvalue weighted by molar-refractivity contribution is -0.113. The summed E-state index contributed by atoms with van der Waals surface area (Å²) in [6.07, 6.45) is 0. The Morgan fingerprint density at radius 2 is 2.10 bits per heavy atom. The van der Waals surface area contributed by atoms with Crippen molar-refractivity contribution in [3.8, 4) is 0 Å². The first-order valence-corrected chi connectivity index (χ1v) is 8.08. The van der Waals surface area contributed by atoms with Gasteiger partial charge in [0.2, 0.25) is 5.91 Å². The number of carbonyl (C=O) groups excluding carboxylic acids is 1. The van der Waals surface area contributed by atoms with E-state index < -0.39 is 0 Å². The second kappa shape index (κ2) is 6.36. The molecule has 2 heterocycles. The fraction of sp³-hybridized carbons (Fsp3) is 0.500. The van der Waals surface area contributed by atoms with Crippen LogP contribution in [0.4, 0.5) is 5.69 Å². The third kappa shape index (κ3) is 3.37. The van der Waals surface area contributed by atoms with Gasteiger partial charge in [0.15, 0.2) is 4.34 Å². The summed E-state index contributed by atoms with van der Waals surface area (Å²) in [5.41, 5.74) is 2.63. The van der Waals surface area contributed by atoms with Gasteiger partial charge in [-0.3, -0.25) is 9.48 Å². The third-order valence-electron chi connectivity index (χ3n) is 2.78. The van der Waals surface area contributed by atoms with Gasteiger partial charge in [0.1, 0.15) is 5.01 Å². The summed E-state index contributed by atoms with van der Waals surface area (Å²) in [4.78, 5) is 12.0. The molecule has 8 heteroatoms. The summed E-state index contributed by atoms with van der Waals surface area (Å²) in [6.45, 7) is 8.57. The van der Waals surface area contributed by atoms with Crippen LogP contribution < -0.4 is 5.32 Å². The second-order valence-corrected chi connectivity index (χ2v) is 6.69. The number of aromatic nitrogens is 4. The van der Waals surface area contributed by atoms with E-state index in [0.717, 1.165) is 33.0 Å². The Morgan fingerprint density at radius 3 is 2.65 bits per heavy atom. The van der Waals surface area contributed by atoms with Gasteiger partial charge >= 0.3 is 0 Å². The summed E-state index contributed by atoms with van der Waals surface area (Å²) < 4.78 is 2.70. The number of thioether (sulfide) groups is 1. The summed E-state index contributed by atoms with van der Waals surface area (Å²) in [5, 5.41) is 16.1. The van der Waals surface area contributed by atoms with Crippen molar-refractivity contribution in [1.29, 1.82) is 0 Å². The summed E-state index contributed by atoms with van der Waals surface area (Å²) in [5.74, 6) is 0.273. The summed E-state index contributed by atoms with van der Waals surface area (Å²) in [6, 6.07) is 0. The molecular formula is C12H17N5OS2. The van der Waals surface area contributed by atoms with E-state index in [0.29, 0.717) is 5.75 Å². The first kappa shape index (κ1) is 15.0. The van der Waals surface area contributed by atoms with E-state index in [-0.39, 0.29) is 5.91 Å². The molecule has 0 saturated heterocycles. The van der Waals surface area contributed by atoms with E-state index in [9.17, 15) is 4.79 Å². The van der Waals surface area contributed by atoms with Gasteiger partial charge in [0.05, 0.1) is 22.8 Å². The Morgan fingerprint density at radius 1 is 1.35 bits per heavy atom. The normalized spacial score (nSPS) is 10.8. The zero-order chi connectivity index (χ0) is 14.7. The first-order valence-electron chi connectivity index (χ1n) is 6.28. The van der Waals surface area contributed by atoms with E-state index >= 15 is 0 Å². The first-order chi connectivity index (χ1) is 9.51. The molecule has 1 N–H and O–H groups in total. The Bertz CT molecular complexity index is 619. The second-order valence-electron chi connectivity index (χ2n) is 4.29. The minimum Gasteiger partial charge on any atom is -0.322 e. The SMILES string of the molecule is CCn1nc(C)c(NC(=O)CSc2nnc(C)s2)c1C. The van der Waals surface area contributed by atoms with Crippen molar-refractivity contribution in [1.82, 2.24) is 20.0 Å². The molecule has 0 saturated carbocycles. The van der Waals surface area contributed by atoms with E-state index in [1.54, 1.807) is 0 Å². The van der Waals surface area contributed by atoms with Gasteiger partial charge < -0.3 is 5.32 Å². The molecule has 0 aromatic carbocycles. The predicted molar refractivity (Wildman–Crippen MR) is 81.4 cm³/mol. The van der Waals surface area contributed by atoms with Gasteiger partial charge in [-0.25, -0.2) is 0 Å². The van der Waals surface area contributed by atoms with Crippen molar-refractivity contribution in [3.63, 3.8) is 0 Å². The maximum Gasteiger partial charge on any atom is 0.234 e. The number of aryl methyl sites for hydroxylation is 3. The van der Waals surface area contributed by atoms with Crippen LogP contribution >= 0.6 is 23.1 Å². The van der Waals surface area contributed by atoms with Gasteiger partial charge in [-0.05, 0) is 27.7 Å². The monoisotopic (exact) mass is 311 g/mol. The lowest BCUT2D eigenvalue weighted by Gasteiger charge is -2.05. The van der Waals surface area contributed by atoms with Gasteiger partial charge in [-0.1, -0.05) is 23.1 Å². The molecule has 6 nitrogen and oxygen atoms in total. The number of hydrogen-bond donors (Lipinski definition) is 1. The molecule has 0 aliphatic rings.